The van der Waals surface area contributed by atoms with Crippen molar-refractivity contribution >= 4 is 28.9 Å². The third-order valence-corrected chi connectivity index (χ3v) is 3.52. The third-order valence-electron chi connectivity index (χ3n) is 2.69. The van der Waals surface area contributed by atoms with Crippen molar-refractivity contribution in [1.29, 1.82) is 0 Å². The van der Waals surface area contributed by atoms with Crippen molar-refractivity contribution in [2.45, 2.75) is 38.5 Å². The lowest BCUT2D eigenvalue weighted by Gasteiger charge is -2.19. The Morgan fingerprint density at radius 1 is 1.75 bits per heavy atom. The van der Waals surface area contributed by atoms with Gasteiger partial charge in [-0.1, -0.05) is 0 Å². The van der Waals surface area contributed by atoms with E-state index in [4.69, 9.17) is 10.5 Å². The highest BCUT2D eigenvalue weighted by Crippen LogP contribution is 2.17. The van der Waals surface area contributed by atoms with Gasteiger partial charge in [0.15, 0.2) is 5.13 Å². The molecular formula is C10H18ClN3OS. The van der Waals surface area contributed by atoms with Crippen molar-refractivity contribution in [3.8, 4) is 0 Å². The van der Waals surface area contributed by atoms with Gasteiger partial charge >= 0.3 is 0 Å². The fourth-order valence-corrected chi connectivity index (χ4v) is 2.43. The maximum atomic E-state index is 5.61. The maximum absolute atomic E-state index is 5.61. The van der Waals surface area contributed by atoms with Crippen LogP contribution in [0.3, 0.4) is 0 Å². The van der Waals surface area contributed by atoms with Crippen LogP contribution >= 0.6 is 23.7 Å². The lowest BCUT2D eigenvalue weighted by atomic mass is 10.1. The third kappa shape index (κ3) is 3.59. The predicted molar refractivity (Wildman–Crippen MR) is 69.1 cm³/mol. The average Bonchev–Trinajstić information content (AvgIpc) is 2.84. The van der Waals surface area contributed by atoms with Gasteiger partial charge in [-0.25, -0.2) is 4.98 Å². The Bertz CT molecular complexity index is 315. The Balaban J connectivity index is 0.00000128. The summed E-state index contributed by atoms with van der Waals surface area (Å²) in [5.74, 6) is 0. The number of thiazole rings is 1. The monoisotopic (exact) mass is 263 g/mol. The Morgan fingerprint density at radius 2 is 2.56 bits per heavy atom. The van der Waals surface area contributed by atoms with E-state index in [2.05, 4.69) is 17.2 Å². The zero-order chi connectivity index (χ0) is 10.7. The van der Waals surface area contributed by atoms with Crippen molar-refractivity contribution in [2.24, 2.45) is 0 Å². The molecule has 0 bridgehead atoms. The van der Waals surface area contributed by atoms with Crippen LogP contribution in [0.2, 0.25) is 0 Å². The first kappa shape index (κ1) is 13.7. The molecule has 0 amide bonds. The second kappa shape index (κ2) is 6.39. The SMILES string of the molecule is CC(NCc1cnc(N)s1)C1CCCO1.Cl. The molecule has 0 aromatic carbocycles. The molecule has 92 valence electrons. The molecule has 1 fully saturated rings. The molecule has 2 unspecified atom stereocenters. The minimum absolute atomic E-state index is 0. The number of halogens is 1. The summed E-state index contributed by atoms with van der Waals surface area (Å²) < 4.78 is 5.61. The van der Waals surface area contributed by atoms with Crippen LogP contribution in [0.15, 0.2) is 6.20 Å². The van der Waals surface area contributed by atoms with Gasteiger partial charge in [0.1, 0.15) is 0 Å². The summed E-state index contributed by atoms with van der Waals surface area (Å²) in [5.41, 5.74) is 5.56. The highest BCUT2D eigenvalue weighted by atomic mass is 35.5. The van der Waals surface area contributed by atoms with Crippen LogP contribution in [-0.4, -0.2) is 23.7 Å². The number of rotatable bonds is 4. The topological polar surface area (TPSA) is 60.2 Å². The van der Waals surface area contributed by atoms with Crippen LogP contribution in [0, 0.1) is 0 Å². The molecule has 1 aliphatic heterocycles. The van der Waals surface area contributed by atoms with Gasteiger partial charge in [-0.2, -0.15) is 0 Å². The molecule has 1 aliphatic rings. The van der Waals surface area contributed by atoms with E-state index in [1.165, 1.54) is 29.1 Å². The van der Waals surface area contributed by atoms with Gasteiger partial charge in [0, 0.05) is 30.3 Å². The van der Waals surface area contributed by atoms with Crippen LogP contribution < -0.4 is 11.1 Å². The largest absolute Gasteiger partial charge is 0.377 e. The summed E-state index contributed by atoms with van der Waals surface area (Å²) in [4.78, 5) is 5.20. The normalized spacial score (nSPS) is 21.7. The van der Waals surface area contributed by atoms with Gasteiger partial charge < -0.3 is 15.8 Å². The Hall–Kier alpha value is -0.360. The molecule has 1 saturated heterocycles. The van der Waals surface area contributed by atoms with Gasteiger partial charge in [0.05, 0.1) is 6.10 Å². The minimum Gasteiger partial charge on any atom is -0.377 e. The zero-order valence-corrected chi connectivity index (χ0v) is 10.9. The summed E-state index contributed by atoms with van der Waals surface area (Å²) in [6.07, 6.45) is 4.55. The average molecular weight is 264 g/mol. The molecule has 1 aromatic rings. The summed E-state index contributed by atoms with van der Waals surface area (Å²) in [6.45, 7) is 3.90. The number of hydrogen-bond donors (Lipinski definition) is 2. The molecule has 3 N–H and O–H groups in total. The van der Waals surface area contributed by atoms with E-state index < -0.39 is 0 Å². The van der Waals surface area contributed by atoms with E-state index in [-0.39, 0.29) is 12.4 Å². The van der Waals surface area contributed by atoms with Gasteiger partial charge in [-0.3, -0.25) is 0 Å². The van der Waals surface area contributed by atoms with Gasteiger partial charge in [-0.15, -0.1) is 23.7 Å². The van der Waals surface area contributed by atoms with E-state index in [1.54, 1.807) is 0 Å². The van der Waals surface area contributed by atoms with Crippen LogP contribution in [0.4, 0.5) is 5.13 Å². The van der Waals surface area contributed by atoms with Crippen molar-refractivity contribution in [3.63, 3.8) is 0 Å². The van der Waals surface area contributed by atoms with Gasteiger partial charge in [0.25, 0.3) is 0 Å². The summed E-state index contributed by atoms with van der Waals surface area (Å²) >= 11 is 1.54. The number of anilines is 1. The van der Waals surface area contributed by atoms with Crippen LogP contribution in [-0.2, 0) is 11.3 Å². The molecule has 2 atom stereocenters. The van der Waals surface area contributed by atoms with Crippen LogP contribution in [0.5, 0.6) is 0 Å². The molecule has 6 heteroatoms. The van der Waals surface area contributed by atoms with Crippen LogP contribution in [0.25, 0.3) is 0 Å². The number of nitrogen functional groups attached to an aromatic ring is 1. The highest BCUT2D eigenvalue weighted by molar-refractivity contribution is 7.15. The van der Waals surface area contributed by atoms with Crippen molar-refractivity contribution in [1.82, 2.24) is 10.3 Å². The molecule has 16 heavy (non-hydrogen) atoms. The summed E-state index contributed by atoms with van der Waals surface area (Å²) in [5, 5.41) is 4.08. The first-order chi connectivity index (χ1) is 7.25. The van der Waals surface area contributed by atoms with Gasteiger partial charge in [-0.05, 0) is 19.8 Å². The van der Waals surface area contributed by atoms with E-state index in [0.29, 0.717) is 17.3 Å². The Labute approximate surface area is 106 Å². The fourth-order valence-electron chi connectivity index (χ4n) is 1.79. The molecule has 0 radical (unpaired) electrons. The number of aromatic nitrogens is 1. The van der Waals surface area contributed by atoms with E-state index in [0.717, 1.165) is 13.2 Å². The molecule has 4 nitrogen and oxygen atoms in total. The fraction of sp³-hybridized carbons (Fsp3) is 0.700. The van der Waals surface area contributed by atoms with E-state index in [1.807, 2.05) is 6.20 Å². The molecule has 0 saturated carbocycles. The molecule has 0 aliphatic carbocycles. The predicted octanol–water partition coefficient (Wildman–Crippen LogP) is 1.80. The maximum Gasteiger partial charge on any atom is 0.180 e. The first-order valence-electron chi connectivity index (χ1n) is 5.31. The summed E-state index contributed by atoms with van der Waals surface area (Å²) in [6, 6.07) is 0.399. The molecule has 2 heterocycles. The van der Waals surface area contributed by atoms with Gasteiger partial charge in [0.2, 0.25) is 0 Å². The molecule has 2 rings (SSSR count). The standard InChI is InChI=1S/C10H17N3OS.ClH/c1-7(9-3-2-4-14-9)12-5-8-6-13-10(11)15-8;/h6-7,9,12H,2-5H2,1H3,(H2,11,13);1H. The molecule has 0 spiro atoms. The number of nitrogens with one attached hydrogen (secondary N) is 1. The molecule has 1 aromatic heterocycles. The lowest BCUT2D eigenvalue weighted by molar-refractivity contribution is 0.0833. The smallest absolute Gasteiger partial charge is 0.180 e. The Kier molecular flexibility index (Phi) is 5.48. The molecular weight excluding hydrogens is 246 g/mol. The van der Waals surface area contributed by atoms with Crippen LogP contribution in [0.1, 0.15) is 24.6 Å². The second-order valence-corrected chi connectivity index (χ2v) is 5.03. The second-order valence-electron chi connectivity index (χ2n) is 3.89. The van der Waals surface area contributed by atoms with E-state index in [9.17, 15) is 0 Å². The number of hydrogen-bond acceptors (Lipinski definition) is 5. The quantitative estimate of drug-likeness (QED) is 0.870. The minimum atomic E-state index is 0. The van der Waals surface area contributed by atoms with Crippen molar-refractivity contribution in [3.05, 3.63) is 11.1 Å². The highest BCUT2D eigenvalue weighted by Gasteiger charge is 2.21. The number of ether oxygens (including phenoxy) is 1. The Morgan fingerprint density at radius 3 is 3.12 bits per heavy atom. The van der Waals surface area contributed by atoms with E-state index >= 15 is 0 Å². The zero-order valence-electron chi connectivity index (χ0n) is 9.31. The lowest BCUT2D eigenvalue weighted by Crippen LogP contribution is -2.36. The summed E-state index contributed by atoms with van der Waals surface area (Å²) in [7, 11) is 0. The number of nitrogens with zero attached hydrogens (tertiary/aromatic N) is 1. The van der Waals surface area contributed by atoms with Crippen molar-refractivity contribution < 1.29 is 4.74 Å². The van der Waals surface area contributed by atoms with Crippen molar-refractivity contribution in [2.75, 3.05) is 12.3 Å². The number of nitrogens with two attached hydrogens (primary N) is 1. The first-order valence-corrected chi connectivity index (χ1v) is 6.12.